The first-order valence-corrected chi connectivity index (χ1v) is 14.2. The van der Waals surface area contributed by atoms with Crippen LogP contribution in [0.25, 0.3) is 0 Å². The van der Waals surface area contributed by atoms with Gasteiger partial charge < -0.3 is 5.11 Å². The lowest BCUT2D eigenvalue weighted by Crippen LogP contribution is -2.51. The Hall–Kier alpha value is -2.96. The van der Waals surface area contributed by atoms with Crippen molar-refractivity contribution in [1.82, 2.24) is 0 Å². The second-order valence-electron chi connectivity index (χ2n) is 9.30. The highest BCUT2D eigenvalue weighted by Crippen LogP contribution is 2.56. The Labute approximate surface area is 226 Å². The molecule has 1 aliphatic heterocycles. The molecule has 4 aromatic carbocycles. The lowest BCUT2D eigenvalue weighted by atomic mass is 9.70. The lowest BCUT2D eigenvalue weighted by molar-refractivity contribution is -0.0311. The van der Waals surface area contributed by atoms with E-state index in [2.05, 4.69) is 0 Å². The number of carbonyl (C=O) groups excluding carboxylic acids is 1. The van der Waals surface area contributed by atoms with Gasteiger partial charge in [-0.25, -0.2) is 8.42 Å². The molecule has 1 N–H and O–H groups in total. The van der Waals surface area contributed by atoms with E-state index >= 15 is 0 Å². The van der Waals surface area contributed by atoms with Crippen molar-refractivity contribution in [3.8, 4) is 0 Å². The summed E-state index contributed by atoms with van der Waals surface area (Å²) in [7, 11) is -4.04. The third-order valence-electron chi connectivity index (χ3n) is 7.12. The van der Waals surface area contributed by atoms with E-state index in [1.54, 1.807) is 103 Å². The van der Waals surface area contributed by atoms with Crippen molar-refractivity contribution in [3.63, 3.8) is 0 Å². The zero-order valence-electron chi connectivity index (χ0n) is 19.7. The predicted molar refractivity (Wildman–Crippen MR) is 147 cm³/mol. The van der Waals surface area contributed by atoms with Crippen LogP contribution < -0.4 is 0 Å². The molecule has 0 amide bonds. The van der Waals surface area contributed by atoms with Gasteiger partial charge in [0, 0.05) is 22.0 Å². The van der Waals surface area contributed by atoms with Crippen LogP contribution in [0.2, 0.25) is 10.0 Å². The van der Waals surface area contributed by atoms with E-state index in [1.807, 2.05) is 6.07 Å². The van der Waals surface area contributed by atoms with E-state index in [9.17, 15) is 18.3 Å². The molecular weight excluding hydrogens is 527 g/mol. The number of ketones is 1. The molecule has 0 aliphatic carbocycles. The van der Waals surface area contributed by atoms with E-state index < -0.39 is 37.6 Å². The van der Waals surface area contributed by atoms with Gasteiger partial charge in [0.25, 0.3) is 0 Å². The number of hydrogen-bond acceptors (Lipinski definition) is 4. The summed E-state index contributed by atoms with van der Waals surface area (Å²) in [6.45, 7) is 0. The Balaban J connectivity index is 1.79. The summed E-state index contributed by atoms with van der Waals surface area (Å²) in [5.41, 5.74) is -0.0678. The number of Topliss-reactive ketones (excluding diaryl/α,β-unsaturated/α-hetero) is 1. The first-order chi connectivity index (χ1) is 17.7. The Morgan fingerprint density at radius 2 is 1.22 bits per heavy atom. The van der Waals surface area contributed by atoms with Crippen LogP contribution >= 0.6 is 23.2 Å². The molecule has 188 valence electrons. The largest absolute Gasteiger partial charge is 0.384 e. The third kappa shape index (κ3) is 4.73. The van der Waals surface area contributed by atoms with Crippen LogP contribution in [-0.4, -0.2) is 19.3 Å². The maximum atomic E-state index is 14.4. The standard InChI is InChI=1S/C30H24Cl2O4S/c31-24-15-11-20(12-16-24)26-19-30(34,23-9-5-2-6-10-23)27(28(33)21-7-3-1-4-8-21)29(37(26,35)36)22-13-17-25(32)18-14-22/h1-18,26-27,29,34H,19H2. The second-order valence-corrected chi connectivity index (χ2v) is 12.4. The van der Waals surface area contributed by atoms with Crippen LogP contribution in [0.4, 0.5) is 0 Å². The SMILES string of the molecule is O=C(c1ccccc1)C1C(c2ccc(Cl)cc2)S(=O)(=O)C(c2ccc(Cl)cc2)CC1(O)c1ccccc1. The fourth-order valence-corrected chi connectivity index (χ4v) is 8.22. The first kappa shape index (κ1) is 25.7. The minimum absolute atomic E-state index is 0.186. The Bertz CT molecular complexity index is 1510. The smallest absolute Gasteiger partial charge is 0.170 e. The average Bonchev–Trinajstić information content (AvgIpc) is 2.91. The molecule has 1 heterocycles. The summed E-state index contributed by atoms with van der Waals surface area (Å²) in [4.78, 5) is 14.1. The third-order valence-corrected chi connectivity index (χ3v) is 10.1. The Morgan fingerprint density at radius 1 is 0.730 bits per heavy atom. The molecule has 1 saturated heterocycles. The summed E-state index contributed by atoms with van der Waals surface area (Å²) in [6.07, 6.45) is -0.186. The van der Waals surface area contributed by atoms with Crippen LogP contribution in [0.3, 0.4) is 0 Å². The molecular formula is C30H24Cl2O4S. The van der Waals surface area contributed by atoms with Crippen LogP contribution in [0.15, 0.2) is 109 Å². The Morgan fingerprint density at radius 3 is 1.76 bits per heavy atom. The van der Waals surface area contributed by atoms with Crippen molar-refractivity contribution < 1.29 is 18.3 Å². The predicted octanol–water partition coefficient (Wildman–Crippen LogP) is 6.98. The van der Waals surface area contributed by atoms with Gasteiger partial charge in [0.2, 0.25) is 0 Å². The molecule has 0 spiro atoms. The van der Waals surface area contributed by atoms with Crippen LogP contribution in [0.1, 0.15) is 44.0 Å². The first-order valence-electron chi connectivity index (χ1n) is 11.8. The molecule has 7 heteroatoms. The zero-order chi connectivity index (χ0) is 26.2. The van der Waals surface area contributed by atoms with Crippen LogP contribution in [0.5, 0.6) is 0 Å². The number of aliphatic hydroxyl groups is 1. The van der Waals surface area contributed by atoms with Gasteiger partial charge in [-0.3, -0.25) is 4.79 Å². The molecule has 0 aromatic heterocycles. The van der Waals surface area contributed by atoms with Gasteiger partial charge in [0.05, 0.1) is 11.2 Å². The molecule has 1 aliphatic rings. The van der Waals surface area contributed by atoms with E-state index in [-0.39, 0.29) is 6.42 Å². The van der Waals surface area contributed by atoms with Gasteiger partial charge >= 0.3 is 0 Å². The highest BCUT2D eigenvalue weighted by molar-refractivity contribution is 7.92. The summed E-state index contributed by atoms with van der Waals surface area (Å²) in [5, 5.41) is 11.0. The Kier molecular flexibility index (Phi) is 6.99. The van der Waals surface area contributed by atoms with E-state index in [0.717, 1.165) is 0 Å². The summed E-state index contributed by atoms with van der Waals surface area (Å²) >= 11 is 12.2. The summed E-state index contributed by atoms with van der Waals surface area (Å²) < 4.78 is 28.8. The zero-order valence-corrected chi connectivity index (χ0v) is 22.0. The molecule has 5 rings (SSSR count). The quantitative estimate of drug-likeness (QED) is 0.272. The highest BCUT2D eigenvalue weighted by Gasteiger charge is 2.59. The van der Waals surface area contributed by atoms with Crippen molar-refractivity contribution in [2.75, 3.05) is 0 Å². The van der Waals surface area contributed by atoms with Gasteiger partial charge in [-0.2, -0.15) is 0 Å². The van der Waals surface area contributed by atoms with Crippen molar-refractivity contribution in [3.05, 3.63) is 141 Å². The molecule has 0 saturated carbocycles. The van der Waals surface area contributed by atoms with Gasteiger partial charge in [-0.1, -0.05) is 108 Å². The molecule has 37 heavy (non-hydrogen) atoms. The number of benzene rings is 4. The van der Waals surface area contributed by atoms with Crippen molar-refractivity contribution in [2.24, 2.45) is 5.92 Å². The highest BCUT2D eigenvalue weighted by atomic mass is 35.5. The maximum Gasteiger partial charge on any atom is 0.170 e. The molecule has 4 atom stereocenters. The number of rotatable bonds is 5. The lowest BCUT2D eigenvalue weighted by Gasteiger charge is -2.47. The van der Waals surface area contributed by atoms with Crippen molar-refractivity contribution in [1.29, 1.82) is 0 Å². The van der Waals surface area contributed by atoms with E-state index in [4.69, 9.17) is 23.2 Å². The molecule has 0 bridgehead atoms. The van der Waals surface area contributed by atoms with Gasteiger partial charge in [0.15, 0.2) is 15.6 Å². The topological polar surface area (TPSA) is 71.4 Å². The summed E-state index contributed by atoms with van der Waals surface area (Å²) in [6, 6.07) is 30.4. The number of carbonyl (C=O) groups is 1. The van der Waals surface area contributed by atoms with E-state index in [0.29, 0.717) is 32.3 Å². The molecule has 0 radical (unpaired) electrons. The molecule has 4 unspecified atom stereocenters. The molecule has 1 fully saturated rings. The minimum Gasteiger partial charge on any atom is -0.384 e. The maximum absolute atomic E-state index is 14.4. The van der Waals surface area contributed by atoms with Gasteiger partial charge in [-0.15, -0.1) is 0 Å². The normalized spacial score (nSPS) is 24.9. The second kappa shape index (κ2) is 10.1. The van der Waals surface area contributed by atoms with Gasteiger partial charge in [0.1, 0.15) is 10.9 Å². The van der Waals surface area contributed by atoms with Crippen molar-refractivity contribution in [2.45, 2.75) is 22.5 Å². The number of sulfone groups is 1. The monoisotopic (exact) mass is 550 g/mol. The molecule has 4 nitrogen and oxygen atoms in total. The van der Waals surface area contributed by atoms with Crippen LogP contribution in [-0.2, 0) is 15.4 Å². The van der Waals surface area contributed by atoms with Crippen LogP contribution in [0, 0.1) is 5.92 Å². The minimum atomic E-state index is -4.04. The number of halogens is 2. The van der Waals surface area contributed by atoms with E-state index in [1.165, 1.54) is 0 Å². The van der Waals surface area contributed by atoms with Gasteiger partial charge in [-0.05, 0) is 41.0 Å². The fourth-order valence-electron chi connectivity index (χ4n) is 5.32. The average molecular weight is 551 g/mol. The summed E-state index contributed by atoms with van der Waals surface area (Å²) in [5.74, 6) is -1.74. The fraction of sp³-hybridized carbons (Fsp3) is 0.167. The van der Waals surface area contributed by atoms with Crippen molar-refractivity contribution >= 4 is 38.8 Å². The number of hydrogen-bond donors (Lipinski definition) is 1. The molecule has 4 aromatic rings.